The van der Waals surface area contributed by atoms with Crippen LogP contribution >= 0.6 is 0 Å². The van der Waals surface area contributed by atoms with Gasteiger partial charge in [-0.05, 0) is 26.0 Å². The quantitative estimate of drug-likeness (QED) is 0.708. The maximum atomic E-state index is 5.67. The van der Waals surface area contributed by atoms with E-state index in [-0.39, 0.29) is 0 Å². The Labute approximate surface area is 91.0 Å². The molecule has 2 heteroatoms. The summed E-state index contributed by atoms with van der Waals surface area (Å²) >= 11 is 0. The molecule has 2 nitrogen and oxygen atoms in total. The maximum Gasteiger partial charge on any atom is 0.142 e. The number of fused-ring (bicyclic) bond motifs is 1. The van der Waals surface area contributed by atoms with E-state index in [2.05, 4.69) is 31.3 Å². The lowest BCUT2D eigenvalue weighted by Crippen LogP contribution is -2.17. The van der Waals surface area contributed by atoms with Crippen molar-refractivity contribution in [3.63, 3.8) is 0 Å². The molecule has 1 aliphatic heterocycles. The minimum atomic E-state index is 0.388. The number of rotatable bonds is 1. The first-order valence-electron chi connectivity index (χ1n) is 5.39. The smallest absolute Gasteiger partial charge is 0.142 e. The van der Waals surface area contributed by atoms with E-state index < -0.39 is 0 Å². The molecule has 1 heterocycles. The largest absolute Gasteiger partial charge is 0.491 e. The number of nitrogens with one attached hydrogen (secondary N) is 1. The Bertz CT molecular complexity index is 367. The summed E-state index contributed by atoms with van der Waals surface area (Å²) < 4.78 is 5.67. The predicted octanol–water partition coefficient (Wildman–Crippen LogP) is 3.22. The average molecular weight is 203 g/mol. The van der Waals surface area contributed by atoms with Gasteiger partial charge < -0.3 is 10.1 Å². The van der Waals surface area contributed by atoms with Gasteiger partial charge in [-0.3, -0.25) is 0 Å². The zero-order valence-corrected chi connectivity index (χ0v) is 9.29. The van der Waals surface area contributed by atoms with Crippen molar-refractivity contribution in [2.45, 2.75) is 26.3 Å². The minimum absolute atomic E-state index is 0.388. The first kappa shape index (κ1) is 10.1. The summed E-state index contributed by atoms with van der Waals surface area (Å²) in [5, 5.41) is 3.49. The molecule has 0 fully saturated rings. The average Bonchev–Trinajstić information content (AvgIpc) is 2.38. The normalized spacial score (nSPS) is 19.2. The molecule has 0 radical (unpaired) electrons. The van der Waals surface area contributed by atoms with Crippen LogP contribution in [0, 0.1) is 0 Å². The SMILES string of the molecule is CC(C)=CC1CCOc2ccccc2N1. The van der Waals surface area contributed by atoms with Gasteiger partial charge in [0, 0.05) is 12.5 Å². The summed E-state index contributed by atoms with van der Waals surface area (Å²) in [5.41, 5.74) is 2.43. The topological polar surface area (TPSA) is 21.3 Å². The summed E-state index contributed by atoms with van der Waals surface area (Å²) in [6.07, 6.45) is 3.27. The van der Waals surface area contributed by atoms with Crippen molar-refractivity contribution in [3.05, 3.63) is 35.9 Å². The molecule has 0 bridgehead atoms. The van der Waals surface area contributed by atoms with Crippen molar-refractivity contribution < 1.29 is 4.74 Å². The van der Waals surface area contributed by atoms with Crippen molar-refractivity contribution in [2.75, 3.05) is 11.9 Å². The van der Waals surface area contributed by atoms with Crippen LogP contribution in [0.5, 0.6) is 5.75 Å². The Hall–Kier alpha value is -1.44. The van der Waals surface area contributed by atoms with Gasteiger partial charge in [0.05, 0.1) is 12.3 Å². The van der Waals surface area contributed by atoms with Gasteiger partial charge in [0.1, 0.15) is 5.75 Å². The zero-order chi connectivity index (χ0) is 10.7. The van der Waals surface area contributed by atoms with E-state index in [1.165, 1.54) is 5.57 Å². The molecule has 0 spiro atoms. The molecule has 0 saturated heterocycles. The van der Waals surface area contributed by atoms with Crippen LogP contribution in [0.15, 0.2) is 35.9 Å². The Balaban J connectivity index is 2.21. The fraction of sp³-hybridized carbons (Fsp3) is 0.385. The predicted molar refractivity (Wildman–Crippen MR) is 63.4 cm³/mol. The molecule has 1 aromatic carbocycles. The first-order valence-corrected chi connectivity index (χ1v) is 5.39. The number of hydrogen-bond acceptors (Lipinski definition) is 2. The van der Waals surface area contributed by atoms with Gasteiger partial charge in [0.2, 0.25) is 0 Å². The molecule has 1 atom stereocenters. The van der Waals surface area contributed by atoms with Crippen LogP contribution in [0.4, 0.5) is 5.69 Å². The second-order valence-corrected chi connectivity index (χ2v) is 4.13. The molecule has 0 amide bonds. The van der Waals surface area contributed by atoms with Crippen molar-refractivity contribution in [1.82, 2.24) is 0 Å². The fourth-order valence-electron chi connectivity index (χ4n) is 1.81. The summed E-state index contributed by atoms with van der Waals surface area (Å²) in [7, 11) is 0. The highest BCUT2D eigenvalue weighted by molar-refractivity contribution is 5.57. The van der Waals surface area contributed by atoms with E-state index in [4.69, 9.17) is 4.74 Å². The minimum Gasteiger partial charge on any atom is -0.491 e. The third-order valence-electron chi connectivity index (χ3n) is 2.45. The van der Waals surface area contributed by atoms with Gasteiger partial charge in [0.25, 0.3) is 0 Å². The van der Waals surface area contributed by atoms with E-state index in [1.54, 1.807) is 0 Å². The lowest BCUT2D eigenvalue weighted by molar-refractivity contribution is 0.317. The van der Waals surface area contributed by atoms with Crippen LogP contribution in [0.1, 0.15) is 20.3 Å². The van der Waals surface area contributed by atoms with Crippen LogP contribution in [-0.4, -0.2) is 12.6 Å². The second kappa shape index (κ2) is 4.39. The lowest BCUT2D eigenvalue weighted by atomic mass is 10.1. The molecule has 1 N–H and O–H groups in total. The van der Waals surface area contributed by atoms with E-state index in [9.17, 15) is 0 Å². The van der Waals surface area contributed by atoms with Gasteiger partial charge in [-0.2, -0.15) is 0 Å². The van der Waals surface area contributed by atoms with Crippen LogP contribution in [0.3, 0.4) is 0 Å². The molecular formula is C13H17NO. The molecule has 80 valence electrons. The Morgan fingerprint density at radius 2 is 2.20 bits per heavy atom. The molecule has 1 aromatic rings. The first-order chi connectivity index (χ1) is 7.25. The molecular weight excluding hydrogens is 186 g/mol. The number of benzene rings is 1. The highest BCUT2D eigenvalue weighted by atomic mass is 16.5. The van der Waals surface area contributed by atoms with Crippen molar-refractivity contribution in [3.8, 4) is 5.75 Å². The van der Waals surface area contributed by atoms with E-state index in [0.717, 1.165) is 24.5 Å². The molecule has 1 aliphatic rings. The zero-order valence-electron chi connectivity index (χ0n) is 9.29. The van der Waals surface area contributed by atoms with Crippen molar-refractivity contribution >= 4 is 5.69 Å². The summed E-state index contributed by atoms with van der Waals surface area (Å²) in [4.78, 5) is 0. The highest BCUT2D eigenvalue weighted by Crippen LogP contribution is 2.27. The van der Waals surface area contributed by atoms with Gasteiger partial charge in [-0.25, -0.2) is 0 Å². The van der Waals surface area contributed by atoms with Crippen molar-refractivity contribution in [1.29, 1.82) is 0 Å². The third kappa shape index (κ3) is 2.52. The van der Waals surface area contributed by atoms with Crippen LogP contribution in [-0.2, 0) is 0 Å². The van der Waals surface area contributed by atoms with Gasteiger partial charge in [-0.1, -0.05) is 23.8 Å². The maximum absolute atomic E-state index is 5.67. The van der Waals surface area contributed by atoms with Crippen LogP contribution in [0.2, 0.25) is 0 Å². The Kier molecular flexibility index (Phi) is 2.95. The van der Waals surface area contributed by atoms with Gasteiger partial charge >= 0.3 is 0 Å². The number of para-hydroxylation sites is 2. The lowest BCUT2D eigenvalue weighted by Gasteiger charge is -2.13. The molecule has 2 rings (SSSR count). The Morgan fingerprint density at radius 1 is 1.40 bits per heavy atom. The number of allylic oxidation sites excluding steroid dienone is 1. The molecule has 15 heavy (non-hydrogen) atoms. The molecule has 1 unspecified atom stereocenters. The van der Waals surface area contributed by atoms with Crippen molar-refractivity contribution in [2.24, 2.45) is 0 Å². The standard InChI is InChI=1S/C13H17NO/c1-10(2)9-11-7-8-15-13-6-4-3-5-12(13)14-11/h3-6,9,11,14H,7-8H2,1-2H3. The van der Waals surface area contributed by atoms with Crippen LogP contribution < -0.4 is 10.1 Å². The summed E-state index contributed by atoms with van der Waals surface area (Å²) in [6, 6.07) is 8.49. The van der Waals surface area contributed by atoms with E-state index in [1.807, 2.05) is 18.2 Å². The highest BCUT2D eigenvalue weighted by Gasteiger charge is 2.13. The van der Waals surface area contributed by atoms with Gasteiger partial charge in [0.15, 0.2) is 0 Å². The summed E-state index contributed by atoms with van der Waals surface area (Å²) in [5.74, 6) is 0.960. The molecule has 0 aliphatic carbocycles. The number of ether oxygens (including phenoxy) is 1. The molecule has 0 saturated carbocycles. The second-order valence-electron chi connectivity index (χ2n) is 4.13. The Morgan fingerprint density at radius 3 is 3.00 bits per heavy atom. The van der Waals surface area contributed by atoms with E-state index in [0.29, 0.717) is 6.04 Å². The van der Waals surface area contributed by atoms with Gasteiger partial charge in [-0.15, -0.1) is 0 Å². The molecule has 0 aromatic heterocycles. The summed E-state index contributed by atoms with van der Waals surface area (Å²) in [6.45, 7) is 5.02. The van der Waals surface area contributed by atoms with E-state index >= 15 is 0 Å². The number of hydrogen-bond donors (Lipinski definition) is 1. The fourth-order valence-corrected chi connectivity index (χ4v) is 1.81. The monoisotopic (exact) mass is 203 g/mol. The van der Waals surface area contributed by atoms with Crippen LogP contribution in [0.25, 0.3) is 0 Å². The number of anilines is 1. The third-order valence-corrected chi connectivity index (χ3v) is 2.45.